The van der Waals surface area contributed by atoms with Crippen LogP contribution in [-0.4, -0.2) is 18.8 Å². The maximum atomic E-state index is 13.9. The van der Waals surface area contributed by atoms with Crippen LogP contribution in [0.5, 0.6) is 5.75 Å². The fraction of sp³-hybridized carbons (Fsp3) is 0.714. The van der Waals surface area contributed by atoms with E-state index in [1.165, 1.54) is 25.7 Å². The van der Waals surface area contributed by atoms with Gasteiger partial charge in [-0.1, -0.05) is 19.8 Å². The van der Waals surface area contributed by atoms with Gasteiger partial charge >= 0.3 is 6.11 Å². The molecule has 0 heterocycles. The maximum absolute atomic E-state index is 13.9. The van der Waals surface area contributed by atoms with Crippen molar-refractivity contribution in [3.8, 4) is 5.75 Å². The molecule has 2 aliphatic carbocycles. The van der Waals surface area contributed by atoms with Crippen molar-refractivity contribution < 1.29 is 27.0 Å². The zero-order valence-corrected chi connectivity index (χ0v) is 15.7. The van der Waals surface area contributed by atoms with Crippen molar-refractivity contribution in [1.82, 2.24) is 0 Å². The first kappa shape index (κ1) is 20.4. The van der Waals surface area contributed by atoms with Gasteiger partial charge in [0.1, 0.15) is 5.75 Å². The summed E-state index contributed by atoms with van der Waals surface area (Å²) >= 11 is 0. The van der Waals surface area contributed by atoms with E-state index < -0.39 is 30.1 Å². The monoisotopic (exact) mass is 388 g/mol. The number of ether oxygens (including phenoxy) is 2. The van der Waals surface area contributed by atoms with Crippen LogP contribution in [0, 0.1) is 29.4 Å². The lowest BCUT2D eigenvalue weighted by Crippen LogP contribution is -2.35. The van der Waals surface area contributed by atoms with Gasteiger partial charge in [-0.05, 0) is 68.4 Å². The van der Waals surface area contributed by atoms with Gasteiger partial charge in [-0.25, -0.2) is 8.78 Å². The number of hydrogen-bond donors (Lipinski definition) is 0. The van der Waals surface area contributed by atoms with Gasteiger partial charge in [-0.2, -0.15) is 8.78 Å². The second kappa shape index (κ2) is 8.80. The zero-order valence-electron chi connectivity index (χ0n) is 15.7. The Morgan fingerprint density at radius 1 is 0.889 bits per heavy atom. The zero-order chi connectivity index (χ0) is 19.4. The van der Waals surface area contributed by atoms with Crippen LogP contribution in [0.25, 0.3) is 0 Å². The van der Waals surface area contributed by atoms with E-state index in [0.717, 1.165) is 49.7 Å². The van der Waals surface area contributed by atoms with Gasteiger partial charge in [0.2, 0.25) is 0 Å². The van der Waals surface area contributed by atoms with E-state index in [1.807, 2.05) is 0 Å². The first-order chi connectivity index (χ1) is 12.8. The Morgan fingerprint density at radius 2 is 1.48 bits per heavy atom. The summed E-state index contributed by atoms with van der Waals surface area (Å²) in [5.41, 5.74) is 0. The van der Waals surface area contributed by atoms with Crippen LogP contribution < -0.4 is 4.74 Å². The molecule has 0 spiro atoms. The number of benzene rings is 1. The highest BCUT2D eigenvalue weighted by Crippen LogP contribution is 2.40. The Balaban J connectivity index is 1.41. The Bertz CT molecular complexity index is 606. The van der Waals surface area contributed by atoms with Gasteiger partial charge in [0.25, 0.3) is 0 Å². The van der Waals surface area contributed by atoms with Crippen molar-refractivity contribution in [2.24, 2.45) is 17.8 Å². The maximum Gasteiger partial charge on any atom is 0.421 e. The third-order valence-corrected chi connectivity index (χ3v) is 6.09. The van der Waals surface area contributed by atoms with Gasteiger partial charge in [0.05, 0.1) is 6.10 Å². The predicted octanol–water partition coefficient (Wildman–Crippen LogP) is 6.34. The molecule has 2 aliphatic rings. The molecule has 0 amide bonds. The predicted molar refractivity (Wildman–Crippen MR) is 94.8 cm³/mol. The summed E-state index contributed by atoms with van der Waals surface area (Å²) < 4.78 is 63.7. The Kier molecular flexibility index (Phi) is 6.66. The van der Waals surface area contributed by atoms with E-state index in [-0.39, 0.29) is 6.10 Å². The minimum Gasteiger partial charge on any atom is -0.431 e. The standard InChI is InChI=1S/C21H28F4O2/c1-14-2-4-15(5-3-14)16-6-8-17(9-7-16)26-13-21(24,25)27-18-10-11-19(22)20(23)12-18/h10-12,14-17H,2-9,13H2,1H3. The molecule has 3 rings (SSSR count). The fourth-order valence-electron chi connectivity index (χ4n) is 4.44. The second-order valence-electron chi connectivity index (χ2n) is 8.18. The molecule has 27 heavy (non-hydrogen) atoms. The Labute approximate surface area is 158 Å². The van der Waals surface area contributed by atoms with E-state index >= 15 is 0 Å². The quantitative estimate of drug-likeness (QED) is 0.530. The average molecular weight is 388 g/mol. The molecule has 1 aromatic rings. The third-order valence-electron chi connectivity index (χ3n) is 6.09. The van der Waals surface area contributed by atoms with Crippen molar-refractivity contribution in [1.29, 1.82) is 0 Å². The van der Waals surface area contributed by atoms with Gasteiger partial charge in [0, 0.05) is 6.07 Å². The number of alkyl halides is 2. The normalized spacial score (nSPS) is 29.5. The number of halogens is 4. The molecule has 6 heteroatoms. The molecule has 0 aliphatic heterocycles. The minimum absolute atomic E-state index is 0.191. The van der Waals surface area contributed by atoms with Crippen LogP contribution in [0.4, 0.5) is 17.6 Å². The Hall–Kier alpha value is -1.30. The highest BCUT2D eigenvalue weighted by atomic mass is 19.3. The van der Waals surface area contributed by atoms with E-state index in [4.69, 9.17) is 4.74 Å². The average Bonchev–Trinajstić information content (AvgIpc) is 2.64. The summed E-state index contributed by atoms with van der Waals surface area (Å²) in [6, 6.07) is 2.34. The smallest absolute Gasteiger partial charge is 0.421 e. The topological polar surface area (TPSA) is 18.5 Å². The molecule has 1 aromatic carbocycles. The fourth-order valence-corrected chi connectivity index (χ4v) is 4.44. The van der Waals surface area contributed by atoms with Gasteiger partial charge in [-0.3, -0.25) is 0 Å². The molecule has 2 saturated carbocycles. The highest BCUT2D eigenvalue weighted by Gasteiger charge is 2.35. The molecule has 0 bridgehead atoms. The second-order valence-corrected chi connectivity index (χ2v) is 8.18. The molecule has 0 saturated heterocycles. The van der Waals surface area contributed by atoms with Gasteiger partial charge in [0.15, 0.2) is 18.2 Å². The summed E-state index contributed by atoms with van der Waals surface area (Å²) in [7, 11) is 0. The molecule has 152 valence electrons. The van der Waals surface area contributed by atoms with E-state index in [2.05, 4.69) is 11.7 Å². The summed E-state index contributed by atoms with van der Waals surface area (Å²) in [6.45, 7) is 1.42. The SMILES string of the molecule is CC1CCC(C2CCC(OCC(F)(F)Oc3ccc(F)c(F)c3)CC2)CC1. The molecule has 0 unspecified atom stereocenters. The lowest BCUT2D eigenvalue weighted by Gasteiger charge is -2.37. The summed E-state index contributed by atoms with van der Waals surface area (Å²) in [4.78, 5) is 0. The summed E-state index contributed by atoms with van der Waals surface area (Å²) in [5, 5.41) is 0. The van der Waals surface area contributed by atoms with E-state index in [1.54, 1.807) is 0 Å². The summed E-state index contributed by atoms with van der Waals surface area (Å²) in [5.74, 6) is -0.446. The summed E-state index contributed by atoms with van der Waals surface area (Å²) in [6.07, 6.45) is 5.04. The molecule has 2 nitrogen and oxygen atoms in total. The van der Waals surface area contributed by atoms with Crippen LogP contribution in [-0.2, 0) is 4.74 Å². The first-order valence-electron chi connectivity index (χ1n) is 9.96. The van der Waals surface area contributed by atoms with E-state index in [0.29, 0.717) is 12.0 Å². The molecule has 0 N–H and O–H groups in total. The molecule has 0 aromatic heterocycles. The van der Waals surface area contributed by atoms with Crippen molar-refractivity contribution >= 4 is 0 Å². The van der Waals surface area contributed by atoms with Crippen molar-refractivity contribution in [3.05, 3.63) is 29.8 Å². The van der Waals surface area contributed by atoms with Crippen molar-refractivity contribution in [2.45, 2.75) is 70.5 Å². The van der Waals surface area contributed by atoms with Crippen LogP contribution in [0.2, 0.25) is 0 Å². The first-order valence-corrected chi connectivity index (χ1v) is 9.96. The number of hydrogen-bond acceptors (Lipinski definition) is 2. The third kappa shape index (κ3) is 5.84. The Morgan fingerprint density at radius 3 is 2.07 bits per heavy atom. The molecule has 0 atom stereocenters. The van der Waals surface area contributed by atoms with Gasteiger partial charge in [-0.15, -0.1) is 0 Å². The van der Waals surface area contributed by atoms with Crippen LogP contribution in [0.1, 0.15) is 58.3 Å². The van der Waals surface area contributed by atoms with Crippen molar-refractivity contribution in [2.75, 3.05) is 6.61 Å². The van der Waals surface area contributed by atoms with Crippen LogP contribution in [0.3, 0.4) is 0 Å². The van der Waals surface area contributed by atoms with E-state index in [9.17, 15) is 17.6 Å². The molecular weight excluding hydrogens is 360 g/mol. The van der Waals surface area contributed by atoms with Crippen molar-refractivity contribution in [3.63, 3.8) is 0 Å². The molecule has 0 radical (unpaired) electrons. The van der Waals surface area contributed by atoms with Crippen LogP contribution in [0.15, 0.2) is 18.2 Å². The lowest BCUT2D eigenvalue weighted by atomic mass is 9.71. The van der Waals surface area contributed by atoms with Gasteiger partial charge < -0.3 is 9.47 Å². The highest BCUT2D eigenvalue weighted by molar-refractivity contribution is 5.23. The largest absolute Gasteiger partial charge is 0.431 e. The van der Waals surface area contributed by atoms with Crippen LogP contribution >= 0.6 is 0 Å². The lowest BCUT2D eigenvalue weighted by molar-refractivity contribution is -0.222. The molecular formula is C21H28F4O2. The minimum atomic E-state index is -3.58. The number of rotatable bonds is 6. The molecule has 2 fully saturated rings.